The number of para-hydroxylation sites is 1. The van der Waals surface area contributed by atoms with Crippen LogP contribution in [0.25, 0.3) is 6.08 Å². The van der Waals surface area contributed by atoms with E-state index in [1.54, 1.807) is 6.08 Å². The molecule has 0 aliphatic rings. The summed E-state index contributed by atoms with van der Waals surface area (Å²) >= 11 is 0. The second-order valence-electron chi connectivity index (χ2n) is 2.90. The molecule has 3 N–H and O–H groups in total. The van der Waals surface area contributed by atoms with Gasteiger partial charge in [0.05, 0.1) is 12.2 Å². The van der Waals surface area contributed by atoms with Gasteiger partial charge in [-0.2, -0.15) is 0 Å². The number of hydrogen-bond donors (Lipinski definition) is 2. The Balaban J connectivity index is 2.95. The van der Waals surface area contributed by atoms with Crippen molar-refractivity contribution >= 4 is 17.6 Å². The molecule has 0 radical (unpaired) electrons. The van der Waals surface area contributed by atoms with Crippen molar-refractivity contribution < 1.29 is 0 Å². The molecule has 0 aliphatic heterocycles. The average molecular weight is 189 g/mol. The van der Waals surface area contributed by atoms with E-state index >= 15 is 0 Å². The Bertz CT molecular complexity index is 342. The highest BCUT2D eigenvalue weighted by molar-refractivity contribution is 5.86. The van der Waals surface area contributed by atoms with Crippen LogP contribution in [-0.2, 0) is 0 Å². The summed E-state index contributed by atoms with van der Waals surface area (Å²) in [5.74, 6) is 0.571. The number of aliphatic imine (C=N–C) groups is 1. The largest absolute Gasteiger partial charge is 0.386 e. The highest BCUT2D eigenvalue weighted by Crippen LogP contribution is 2.19. The molecule has 0 spiro atoms. The molecule has 0 aliphatic carbocycles. The van der Waals surface area contributed by atoms with E-state index in [-0.39, 0.29) is 0 Å². The number of nitrogens with one attached hydrogen (secondary N) is 1. The van der Waals surface area contributed by atoms with Crippen molar-refractivity contribution in [2.45, 2.75) is 0 Å². The monoisotopic (exact) mass is 189 g/mol. The minimum Gasteiger partial charge on any atom is -0.386 e. The van der Waals surface area contributed by atoms with Gasteiger partial charge in [0.2, 0.25) is 0 Å². The Morgan fingerprint density at radius 3 is 2.93 bits per heavy atom. The van der Waals surface area contributed by atoms with Crippen molar-refractivity contribution in [3.05, 3.63) is 36.4 Å². The fourth-order valence-electron chi connectivity index (χ4n) is 1.14. The Kier molecular flexibility index (Phi) is 3.88. The van der Waals surface area contributed by atoms with Gasteiger partial charge in [-0.05, 0) is 18.7 Å². The van der Waals surface area contributed by atoms with Crippen LogP contribution in [0.1, 0.15) is 5.56 Å². The highest BCUT2D eigenvalue weighted by Gasteiger charge is 1.96. The molecule has 0 fully saturated rings. The van der Waals surface area contributed by atoms with Crippen LogP contribution >= 0.6 is 0 Å². The SMILES string of the molecule is C=Cc1ccccc1N=C(N)CNC. The van der Waals surface area contributed by atoms with Crippen molar-refractivity contribution in [2.24, 2.45) is 10.7 Å². The van der Waals surface area contributed by atoms with Gasteiger partial charge in [0.15, 0.2) is 0 Å². The van der Waals surface area contributed by atoms with Crippen molar-refractivity contribution in [1.29, 1.82) is 0 Å². The predicted molar refractivity (Wildman–Crippen MR) is 61.7 cm³/mol. The van der Waals surface area contributed by atoms with Gasteiger partial charge in [-0.25, -0.2) is 4.99 Å². The first kappa shape index (κ1) is 10.5. The molecule has 0 atom stereocenters. The van der Waals surface area contributed by atoms with Crippen LogP contribution < -0.4 is 11.1 Å². The summed E-state index contributed by atoms with van der Waals surface area (Å²) in [5.41, 5.74) is 7.54. The molecule has 3 nitrogen and oxygen atoms in total. The fourth-order valence-corrected chi connectivity index (χ4v) is 1.14. The van der Waals surface area contributed by atoms with Crippen LogP contribution in [0.4, 0.5) is 5.69 Å². The van der Waals surface area contributed by atoms with E-state index in [0.717, 1.165) is 11.3 Å². The second-order valence-corrected chi connectivity index (χ2v) is 2.90. The molecule has 0 saturated heterocycles. The maximum absolute atomic E-state index is 5.69. The summed E-state index contributed by atoms with van der Waals surface area (Å²) in [5, 5.41) is 2.94. The van der Waals surface area contributed by atoms with Crippen LogP contribution in [0, 0.1) is 0 Å². The molecular weight excluding hydrogens is 174 g/mol. The quantitative estimate of drug-likeness (QED) is 0.557. The van der Waals surface area contributed by atoms with Gasteiger partial charge in [0.25, 0.3) is 0 Å². The second kappa shape index (κ2) is 5.19. The number of benzene rings is 1. The molecule has 1 aromatic carbocycles. The summed E-state index contributed by atoms with van der Waals surface area (Å²) in [6.45, 7) is 4.31. The maximum Gasteiger partial charge on any atom is 0.114 e. The third kappa shape index (κ3) is 2.71. The molecule has 0 aromatic heterocycles. The van der Waals surface area contributed by atoms with Gasteiger partial charge in [0, 0.05) is 0 Å². The Morgan fingerprint density at radius 2 is 2.29 bits per heavy atom. The minimum absolute atomic E-state index is 0.571. The Morgan fingerprint density at radius 1 is 1.57 bits per heavy atom. The lowest BCUT2D eigenvalue weighted by atomic mass is 10.2. The molecule has 74 valence electrons. The molecule has 0 unspecified atom stereocenters. The van der Waals surface area contributed by atoms with Crippen LogP contribution in [0.15, 0.2) is 35.8 Å². The molecule has 0 amide bonds. The van der Waals surface area contributed by atoms with Crippen LogP contribution in [-0.4, -0.2) is 19.4 Å². The van der Waals surface area contributed by atoms with Gasteiger partial charge < -0.3 is 11.1 Å². The zero-order valence-corrected chi connectivity index (χ0v) is 8.33. The first-order valence-electron chi connectivity index (χ1n) is 4.47. The maximum atomic E-state index is 5.69. The number of rotatable bonds is 4. The minimum atomic E-state index is 0.571. The number of amidine groups is 1. The lowest BCUT2D eigenvalue weighted by Gasteiger charge is -2.02. The number of hydrogen-bond acceptors (Lipinski definition) is 2. The van der Waals surface area contributed by atoms with Crippen molar-refractivity contribution in [3.8, 4) is 0 Å². The van der Waals surface area contributed by atoms with E-state index < -0.39 is 0 Å². The normalized spacial score (nSPS) is 11.4. The molecule has 3 heteroatoms. The van der Waals surface area contributed by atoms with Gasteiger partial charge in [0.1, 0.15) is 5.84 Å². The summed E-state index contributed by atoms with van der Waals surface area (Å²) in [4.78, 5) is 4.28. The molecule has 0 heterocycles. The van der Waals surface area contributed by atoms with Crippen LogP contribution in [0.2, 0.25) is 0 Å². The van der Waals surface area contributed by atoms with E-state index in [0.29, 0.717) is 12.4 Å². The lowest BCUT2D eigenvalue weighted by Crippen LogP contribution is -2.25. The van der Waals surface area contributed by atoms with E-state index in [1.807, 2.05) is 31.3 Å². The smallest absolute Gasteiger partial charge is 0.114 e. The zero-order chi connectivity index (χ0) is 10.4. The topological polar surface area (TPSA) is 50.4 Å². The van der Waals surface area contributed by atoms with Crippen LogP contribution in [0.3, 0.4) is 0 Å². The Hall–Kier alpha value is -1.61. The van der Waals surface area contributed by atoms with Gasteiger partial charge in [-0.3, -0.25) is 0 Å². The fraction of sp³-hybridized carbons (Fsp3) is 0.182. The lowest BCUT2D eigenvalue weighted by molar-refractivity contribution is 0.939. The standard InChI is InChI=1S/C11H15N3/c1-3-9-6-4-5-7-10(9)14-11(12)8-13-2/h3-7,13H,1,8H2,2H3,(H2,12,14). The third-order valence-electron chi connectivity index (χ3n) is 1.78. The van der Waals surface area contributed by atoms with Gasteiger partial charge in [-0.1, -0.05) is 30.9 Å². The number of likely N-dealkylation sites (N-methyl/N-ethyl adjacent to an activating group) is 1. The summed E-state index contributed by atoms with van der Waals surface area (Å²) in [6.07, 6.45) is 1.77. The van der Waals surface area contributed by atoms with E-state index in [4.69, 9.17) is 5.73 Å². The van der Waals surface area contributed by atoms with E-state index in [1.165, 1.54) is 0 Å². The summed E-state index contributed by atoms with van der Waals surface area (Å²) < 4.78 is 0. The zero-order valence-electron chi connectivity index (χ0n) is 8.33. The average Bonchev–Trinajstić information content (AvgIpc) is 2.19. The third-order valence-corrected chi connectivity index (χ3v) is 1.78. The Labute approximate surface area is 84.4 Å². The predicted octanol–water partition coefficient (Wildman–Crippen LogP) is 1.54. The van der Waals surface area contributed by atoms with E-state index in [9.17, 15) is 0 Å². The van der Waals surface area contributed by atoms with Gasteiger partial charge in [-0.15, -0.1) is 0 Å². The molecule has 1 aromatic rings. The summed E-state index contributed by atoms with van der Waals surface area (Å²) in [7, 11) is 1.84. The molecule has 0 saturated carbocycles. The number of nitrogens with two attached hydrogens (primary N) is 1. The van der Waals surface area contributed by atoms with Crippen molar-refractivity contribution in [3.63, 3.8) is 0 Å². The molecule has 0 bridgehead atoms. The number of nitrogens with zero attached hydrogens (tertiary/aromatic N) is 1. The molecular formula is C11H15N3. The summed E-state index contributed by atoms with van der Waals surface area (Å²) in [6, 6.07) is 7.75. The first-order valence-corrected chi connectivity index (χ1v) is 4.47. The first-order chi connectivity index (χ1) is 6.77. The molecule has 1 rings (SSSR count). The highest BCUT2D eigenvalue weighted by atomic mass is 14.9. The van der Waals surface area contributed by atoms with E-state index in [2.05, 4.69) is 16.9 Å². The molecule has 14 heavy (non-hydrogen) atoms. The van der Waals surface area contributed by atoms with Crippen molar-refractivity contribution in [2.75, 3.05) is 13.6 Å². The van der Waals surface area contributed by atoms with Gasteiger partial charge >= 0.3 is 0 Å². The van der Waals surface area contributed by atoms with Crippen molar-refractivity contribution in [1.82, 2.24) is 5.32 Å². The van der Waals surface area contributed by atoms with Crippen LogP contribution in [0.5, 0.6) is 0 Å².